The largest absolute Gasteiger partial charge is 0.379 e. The molecule has 0 radical (unpaired) electrons. The first-order valence-electron chi connectivity index (χ1n) is 9.03. The Kier molecular flexibility index (Phi) is 10.5. The maximum Gasteiger partial charge on any atom is 0.191 e. The number of guanidine groups is 1. The molecule has 1 fully saturated rings. The van der Waals surface area contributed by atoms with Crippen LogP contribution in [-0.2, 0) is 20.3 Å². The van der Waals surface area contributed by atoms with Crippen LogP contribution < -0.4 is 10.6 Å². The zero-order valence-corrected chi connectivity index (χ0v) is 16.5. The predicted molar refractivity (Wildman–Crippen MR) is 101 cm³/mol. The van der Waals surface area contributed by atoms with E-state index in [0.717, 1.165) is 38.4 Å². The second kappa shape index (κ2) is 11.8. The van der Waals surface area contributed by atoms with Crippen LogP contribution in [0.5, 0.6) is 0 Å². The lowest BCUT2D eigenvalue weighted by Crippen LogP contribution is -2.40. The minimum absolute atomic E-state index is 0.169. The van der Waals surface area contributed by atoms with Crippen LogP contribution in [0.1, 0.15) is 47.0 Å². The highest BCUT2D eigenvalue weighted by Gasteiger charge is 2.18. The standard InChI is InChI=1S/C17H35N3O3S/c1-5-18-16(20-10-13-24(21)17(2,3)4)19-9-7-11-22-14-15-8-6-12-23-15/h15H,5-14H2,1-4H3,(H2,18,19,20). The molecule has 0 aliphatic carbocycles. The number of ether oxygens (including phenoxy) is 2. The van der Waals surface area contributed by atoms with Crippen LogP contribution in [0.3, 0.4) is 0 Å². The van der Waals surface area contributed by atoms with Crippen LogP contribution in [0.4, 0.5) is 0 Å². The molecule has 0 bridgehead atoms. The van der Waals surface area contributed by atoms with Crippen LogP contribution >= 0.6 is 0 Å². The van der Waals surface area contributed by atoms with Crippen LogP contribution in [0.25, 0.3) is 0 Å². The minimum atomic E-state index is -0.846. The second-order valence-electron chi connectivity index (χ2n) is 6.91. The van der Waals surface area contributed by atoms with Crippen molar-refractivity contribution in [3.8, 4) is 0 Å². The highest BCUT2D eigenvalue weighted by atomic mass is 32.2. The summed E-state index contributed by atoms with van der Waals surface area (Å²) in [5, 5.41) is 6.45. The quantitative estimate of drug-likeness (QED) is 0.352. The van der Waals surface area contributed by atoms with E-state index in [2.05, 4.69) is 15.6 Å². The molecule has 2 atom stereocenters. The highest BCUT2D eigenvalue weighted by molar-refractivity contribution is 7.86. The smallest absolute Gasteiger partial charge is 0.191 e. The predicted octanol–water partition coefficient (Wildman–Crippen LogP) is 1.67. The molecule has 2 unspecified atom stereocenters. The van der Waals surface area contributed by atoms with Gasteiger partial charge < -0.3 is 20.1 Å². The Morgan fingerprint density at radius 1 is 1.38 bits per heavy atom. The summed E-state index contributed by atoms with van der Waals surface area (Å²) in [5.41, 5.74) is 0. The average molecular weight is 362 g/mol. The zero-order chi connectivity index (χ0) is 17.8. The van der Waals surface area contributed by atoms with E-state index in [1.807, 2.05) is 27.7 Å². The Balaban J connectivity index is 2.15. The fourth-order valence-electron chi connectivity index (χ4n) is 2.26. The monoisotopic (exact) mass is 361 g/mol. The summed E-state index contributed by atoms with van der Waals surface area (Å²) >= 11 is 0. The van der Waals surface area contributed by atoms with Crippen molar-refractivity contribution in [2.75, 3.05) is 45.2 Å². The first kappa shape index (κ1) is 21.4. The molecule has 0 spiro atoms. The molecule has 0 aromatic carbocycles. The molecule has 142 valence electrons. The molecular formula is C17H35N3O3S. The fourth-order valence-corrected chi connectivity index (χ4v) is 3.16. The van der Waals surface area contributed by atoms with Crippen molar-refractivity contribution in [1.82, 2.24) is 10.6 Å². The molecule has 1 aliphatic rings. The molecule has 6 nitrogen and oxygen atoms in total. The third-order valence-corrected chi connectivity index (χ3v) is 5.59. The molecule has 24 heavy (non-hydrogen) atoms. The molecule has 0 aromatic rings. The molecule has 1 heterocycles. The summed E-state index contributed by atoms with van der Waals surface area (Å²) in [5.74, 6) is 1.40. The van der Waals surface area contributed by atoms with Gasteiger partial charge in [0.15, 0.2) is 5.96 Å². The summed E-state index contributed by atoms with van der Waals surface area (Å²) in [6.07, 6.45) is 3.44. The molecular weight excluding hydrogens is 326 g/mol. The van der Waals surface area contributed by atoms with Gasteiger partial charge in [-0.15, -0.1) is 0 Å². The van der Waals surface area contributed by atoms with Gasteiger partial charge >= 0.3 is 0 Å². The average Bonchev–Trinajstić information content (AvgIpc) is 3.02. The molecule has 1 saturated heterocycles. The van der Waals surface area contributed by atoms with Gasteiger partial charge in [0.2, 0.25) is 0 Å². The lowest BCUT2D eigenvalue weighted by molar-refractivity contribution is 0.0171. The van der Waals surface area contributed by atoms with Gasteiger partial charge in [0, 0.05) is 54.1 Å². The summed E-state index contributed by atoms with van der Waals surface area (Å²) in [4.78, 5) is 4.53. The van der Waals surface area contributed by atoms with E-state index in [9.17, 15) is 4.21 Å². The van der Waals surface area contributed by atoms with Crippen LogP contribution in [0, 0.1) is 0 Å². The Morgan fingerprint density at radius 3 is 2.79 bits per heavy atom. The summed E-state index contributed by atoms with van der Waals surface area (Å²) in [6, 6.07) is 0. The molecule has 1 rings (SSSR count). The van der Waals surface area contributed by atoms with Crippen molar-refractivity contribution < 1.29 is 13.7 Å². The van der Waals surface area contributed by atoms with Crippen molar-refractivity contribution in [3.63, 3.8) is 0 Å². The molecule has 7 heteroatoms. The van der Waals surface area contributed by atoms with Crippen molar-refractivity contribution in [2.45, 2.75) is 57.8 Å². The minimum Gasteiger partial charge on any atom is -0.379 e. The number of nitrogens with zero attached hydrogens (tertiary/aromatic N) is 1. The first-order valence-corrected chi connectivity index (χ1v) is 10.4. The van der Waals surface area contributed by atoms with Crippen molar-refractivity contribution in [2.24, 2.45) is 4.99 Å². The van der Waals surface area contributed by atoms with Crippen LogP contribution in [-0.4, -0.2) is 66.2 Å². The highest BCUT2D eigenvalue weighted by Crippen LogP contribution is 2.12. The number of rotatable bonds is 10. The maximum atomic E-state index is 12.0. The Hall–Kier alpha value is -0.660. The lowest BCUT2D eigenvalue weighted by atomic mass is 10.2. The molecule has 1 aliphatic heterocycles. The van der Waals surface area contributed by atoms with Crippen molar-refractivity contribution >= 4 is 16.8 Å². The van der Waals surface area contributed by atoms with Gasteiger partial charge in [-0.3, -0.25) is 9.20 Å². The van der Waals surface area contributed by atoms with Crippen LogP contribution in [0.2, 0.25) is 0 Å². The van der Waals surface area contributed by atoms with E-state index in [1.165, 1.54) is 0 Å². The number of hydrogen-bond donors (Lipinski definition) is 2. The Labute approximate surface area is 149 Å². The van der Waals surface area contributed by atoms with Gasteiger partial charge in [-0.05, 0) is 47.0 Å². The van der Waals surface area contributed by atoms with E-state index in [0.29, 0.717) is 32.1 Å². The third-order valence-electron chi connectivity index (χ3n) is 3.65. The van der Waals surface area contributed by atoms with E-state index in [1.54, 1.807) is 0 Å². The lowest BCUT2D eigenvalue weighted by Gasteiger charge is -2.18. The molecule has 0 amide bonds. The molecule has 0 saturated carbocycles. The topological polar surface area (TPSA) is 72.0 Å². The van der Waals surface area contributed by atoms with E-state index in [-0.39, 0.29) is 10.9 Å². The number of nitrogens with one attached hydrogen (secondary N) is 2. The Bertz CT molecular complexity index is 391. The van der Waals surface area contributed by atoms with Gasteiger partial charge in [0.05, 0.1) is 12.7 Å². The zero-order valence-electron chi connectivity index (χ0n) is 15.7. The fraction of sp³-hybridized carbons (Fsp3) is 0.941. The molecule has 2 N–H and O–H groups in total. The maximum absolute atomic E-state index is 12.0. The second-order valence-corrected chi connectivity index (χ2v) is 9.24. The van der Waals surface area contributed by atoms with Crippen molar-refractivity contribution in [1.29, 1.82) is 0 Å². The SMILES string of the molecule is CCNC(=NCCCOCC1CCCO1)NCCS(=O)C(C)(C)C. The van der Waals surface area contributed by atoms with Gasteiger partial charge in [-0.1, -0.05) is 0 Å². The summed E-state index contributed by atoms with van der Waals surface area (Å²) in [6.45, 7) is 12.5. The van der Waals surface area contributed by atoms with E-state index in [4.69, 9.17) is 9.47 Å². The Morgan fingerprint density at radius 2 is 2.17 bits per heavy atom. The first-order chi connectivity index (χ1) is 11.4. The van der Waals surface area contributed by atoms with E-state index < -0.39 is 10.8 Å². The van der Waals surface area contributed by atoms with Crippen molar-refractivity contribution in [3.05, 3.63) is 0 Å². The summed E-state index contributed by atoms with van der Waals surface area (Å²) in [7, 11) is -0.846. The van der Waals surface area contributed by atoms with Crippen LogP contribution in [0.15, 0.2) is 4.99 Å². The van der Waals surface area contributed by atoms with Gasteiger partial charge in [0.1, 0.15) is 0 Å². The number of aliphatic imine (C=N–C) groups is 1. The third kappa shape index (κ3) is 9.59. The van der Waals surface area contributed by atoms with Gasteiger partial charge in [-0.2, -0.15) is 0 Å². The molecule has 0 aromatic heterocycles. The summed E-state index contributed by atoms with van der Waals surface area (Å²) < 4.78 is 23.0. The van der Waals surface area contributed by atoms with E-state index >= 15 is 0 Å². The number of hydrogen-bond acceptors (Lipinski definition) is 4. The van der Waals surface area contributed by atoms with Gasteiger partial charge in [0.25, 0.3) is 0 Å². The van der Waals surface area contributed by atoms with Gasteiger partial charge in [-0.25, -0.2) is 0 Å². The normalized spacial score (nSPS) is 20.2.